The van der Waals surface area contributed by atoms with Crippen molar-refractivity contribution in [1.29, 1.82) is 0 Å². The molecule has 0 radical (unpaired) electrons. The maximum atomic E-state index is 12.4. The van der Waals surface area contributed by atoms with E-state index in [-0.39, 0.29) is 25.7 Å². The lowest BCUT2D eigenvalue weighted by Gasteiger charge is -2.26. The Morgan fingerprint density at radius 2 is 1.15 bits per heavy atom. The Labute approximate surface area is 160 Å². The molecule has 0 saturated heterocycles. The van der Waals surface area contributed by atoms with Crippen LogP contribution in [0.4, 0.5) is 0 Å². The molecule has 6 heteroatoms. The first-order chi connectivity index (χ1) is 12.7. The number of amides is 1. The van der Waals surface area contributed by atoms with Gasteiger partial charge < -0.3 is 20.2 Å². The highest BCUT2D eigenvalue weighted by atomic mass is 16.3. The van der Waals surface area contributed by atoms with Crippen molar-refractivity contribution >= 4 is 5.91 Å². The Morgan fingerprint density at radius 1 is 0.654 bits per heavy atom. The first-order valence-corrected chi connectivity index (χ1v) is 10.5. The number of hydrogen-bond donors (Lipinski definition) is 3. The minimum Gasteiger partial charge on any atom is -0.395 e. The van der Waals surface area contributed by atoms with Gasteiger partial charge in [0.2, 0.25) is 5.91 Å². The number of carbonyl (C=O) groups is 1. The molecule has 26 heavy (non-hydrogen) atoms. The minimum atomic E-state index is -0.0382. The molecule has 0 aromatic carbocycles. The standard InChI is InChI=1S/C20H42N2O4/c1-2-3-4-5-6-7-8-9-10-11-20(26)22(16-19-25)13-12-21(14-17-23)15-18-24/h23-25H,2-19H2,1H3. The highest BCUT2D eigenvalue weighted by molar-refractivity contribution is 5.76. The van der Waals surface area contributed by atoms with Gasteiger partial charge in [-0.3, -0.25) is 9.69 Å². The van der Waals surface area contributed by atoms with Crippen molar-refractivity contribution in [3.8, 4) is 0 Å². The van der Waals surface area contributed by atoms with E-state index in [4.69, 9.17) is 10.2 Å². The van der Waals surface area contributed by atoms with Crippen LogP contribution in [0.15, 0.2) is 0 Å². The quantitative estimate of drug-likeness (QED) is 0.301. The third-order valence-electron chi connectivity index (χ3n) is 4.74. The smallest absolute Gasteiger partial charge is 0.222 e. The van der Waals surface area contributed by atoms with Crippen LogP contribution in [-0.4, -0.2) is 83.6 Å². The third kappa shape index (κ3) is 14.5. The molecule has 0 bridgehead atoms. The molecule has 6 nitrogen and oxygen atoms in total. The van der Waals surface area contributed by atoms with Gasteiger partial charge in [0.15, 0.2) is 0 Å². The van der Waals surface area contributed by atoms with Crippen LogP contribution < -0.4 is 0 Å². The summed E-state index contributed by atoms with van der Waals surface area (Å²) < 4.78 is 0. The molecule has 0 saturated carbocycles. The lowest BCUT2D eigenvalue weighted by molar-refractivity contribution is -0.132. The Bertz CT molecular complexity index is 310. The topological polar surface area (TPSA) is 84.2 Å². The number of rotatable bonds is 19. The molecule has 0 atom stereocenters. The lowest BCUT2D eigenvalue weighted by Crippen LogP contribution is -2.41. The van der Waals surface area contributed by atoms with Crippen LogP contribution >= 0.6 is 0 Å². The highest BCUT2D eigenvalue weighted by Crippen LogP contribution is 2.11. The third-order valence-corrected chi connectivity index (χ3v) is 4.74. The second-order valence-electron chi connectivity index (χ2n) is 6.97. The summed E-state index contributed by atoms with van der Waals surface area (Å²) in [6.45, 7) is 4.71. The Hall–Kier alpha value is -0.690. The van der Waals surface area contributed by atoms with Gasteiger partial charge in [0.1, 0.15) is 0 Å². The number of aliphatic hydroxyl groups excluding tert-OH is 3. The van der Waals surface area contributed by atoms with Crippen LogP contribution in [0.5, 0.6) is 0 Å². The van der Waals surface area contributed by atoms with E-state index in [0.29, 0.717) is 39.1 Å². The van der Waals surface area contributed by atoms with E-state index in [0.717, 1.165) is 12.8 Å². The maximum Gasteiger partial charge on any atom is 0.222 e. The van der Waals surface area contributed by atoms with Crippen LogP contribution in [0, 0.1) is 0 Å². The van der Waals surface area contributed by atoms with Gasteiger partial charge in [0, 0.05) is 39.1 Å². The van der Waals surface area contributed by atoms with E-state index < -0.39 is 0 Å². The van der Waals surface area contributed by atoms with Crippen molar-refractivity contribution in [2.75, 3.05) is 52.5 Å². The number of aliphatic hydroxyl groups is 3. The second-order valence-corrected chi connectivity index (χ2v) is 6.97. The Morgan fingerprint density at radius 3 is 1.65 bits per heavy atom. The summed E-state index contributed by atoms with van der Waals surface area (Å²) in [7, 11) is 0. The molecular formula is C20H42N2O4. The molecule has 156 valence electrons. The average Bonchev–Trinajstić information content (AvgIpc) is 2.63. The van der Waals surface area contributed by atoms with Crippen molar-refractivity contribution in [1.82, 2.24) is 9.80 Å². The SMILES string of the molecule is CCCCCCCCCCCC(=O)N(CCO)CCN(CCO)CCO. The van der Waals surface area contributed by atoms with Crippen molar-refractivity contribution in [2.24, 2.45) is 0 Å². The first-order valence-electron chi connectivity index (χ1n) is 10.5. The zero-order valence-corrected chi connectivity index (χ0v) is 16.9. The number of nitrogens with zero attached hydrogens (tertiary/aromatic N) is 2. The molecule has 1 amide bonds. The average molecular weight is 375 g/mol. The lowest BCUT2D eigenvalue weighted by atomic mass is 10.1. The summed E-state index contributed by atoms with van der Waals surface area (Å²) >= 11 is 0. The van der Waals surface area contributed by atoms with E-state index in [1.165, 1.54) is 44.9 Å². The fraction of sp³-hybridized carbons (Fsp3) is 0.950. The van der Waals surface area contributed by atoms with Gasteiger partial charge in [-0.15, -0.1) is 0 Å². The molecule has 0 aliphatic rings. The monoisotopic (exact) mass is 374 g/mol. The molecule has 0 heterocycles. The first kappa shape index (κ1) is 25.3. The molecule has 0 fully saturated rings. The van der Waals surface area contributed by atoms with E-state index in [9.17, 15) is 9.90 Å². The molecule has 3 N–H and O–H groups in total. The maximum absolute atomic E-state index is 12.4. The summed E-state index contributed by atoms with van der Waals surface area (Å²) in [5, 5.41) is 27.3. The van der Waals surface area contributed by atoms with Crippen molar-refractivity contribution in [3.63, 3.8) is 0 Å². The summed E-state index contributed by atoms with van der Waals surface area (Å²) in [5.41, 5.74) is 0. The molecule has 0 aliphatic carbocycles. The summed E-state index contributed by atoms with van der Waals surface area (Å²) in [5.74, 6) is 0.0925. The predicted octanol–water partition coefficient (Wildman–Crippen LogP) is 2.01. The van der Waals surface area contributed by atoms with E-state index in [1.54, 1.807) is 4.90 Å². The van der Waals surface area contributed by atoms with E-state index >= 15 is 0 Å². The summed E-state index contributed by atoms with van der Waals surface area (Å²) in [6, 6.07) is 0. The van der Waals surface area contributed by atoms with Crippen molar-refractivity contribution < 1.29 is 20.1 Å². The highest BCUT2D eigenvalue weighted by Gasteiger charge is 2.14. The number of hydrogen-bond acceptors (Lipinski definition) is 5. The minimum absolute atomic E-state index is 0.0341. The summed E-state index contributed by atoms with van der Waals surface area (Å²) in [4.78, 5) is 16.0. The molecule has 0 aliphatic heterocycles. The van der Waals surface area contributed by atoms with Gasteiger partial charge in [0.25, 0.3) is 0 Å². The van der Waals surface area contributed by atoms with Crippen LogP contribution in [0.1, 0.15) is 71.1 Å². The fourth-order valence-corrected chi connectivity index (χ4v) is 3.11. The van der Waals surface area contributed by atoms with Crippen molar-refractivity contribution in [2.45, 2.75) is 71.1 Å². The van der Waals surface area contributed by atoms with Crippen molar-refractivity contribution in [3.05, 3.63) is 0 Å². The fourth-order valence-electron chi connectivity index (χ4n) is 3.11. The molecule has 0 spiro atoms. The molecular weight excluding hydrogens is 332 g/mol. The van der Waals surface area contributed by atoms with Gasteiger partial charge in [0.05, 0.1) is 19.8 Å². The zero-order chi connectivity index (χ0) is 19.5. The molecule has 0 aromatic heterocycles. The predicted molar refractivity (Wildman–Crippen MR) is 106 cm³/mol. The number of carbonyl (C=O) groups excluding carboxylic acids is 1. The Kier molecular flexibility index (Phi) is 18.6. The van der Waals surface area contributed by atoms with Gasteiger partial charge >= 0.3 is 0 Å². The van der Waals surface area contributed by atoms with E-state index in [2.05, 4.69) is 6.92 Å². The van der Waals surface area contributed by atoms with Crippen LogP contribution in [-0.2, 0) is 4.79 Å². The zero-order valence-electron chi connectivity index (χ0n) is 16.9. The van der Waals surface area contributed by atoms with Gasteiger partial charge in [-0.1, -0.05) is 58.3 Å². The summed E-state index contributed by atoms with van der Waals surface area (Å²) in [6.07, 6.45) is 11.6. The largest absolute Gasteiger partial charge is 0.395 e. The molecule has 0 rings (SSSR count). The molecule has 0 unspecified atom stereocenters. The Balaban J connectivity index is 3.92. The van der Waals surface area contributed by atoms with Crippen LogP contribution in [0.25, 0.3) is 0 Å². The van der Waals surface area contributed by atoms with Crippen LogP contribution in [0.3, 0.4) is 0 Å². The second kappa shape index (κ2) is 19.1. The number of unbranched alkanes of at least 4 members (excludes halogenated alkanes) is 8. The van der Waals surface area contributed by atoms with Gasteiger partial charge in [-0.2, -0.15) is 0 Å². The van der Waals surface area contributed by atoms with Crippen LogP contribution in [0.2, 0.25) is 0 Å². The normalized spacial score (nSPS) is 11.3. The van der Waals surface area contributed by atoms with Gasteiger partial charge in [-0.05, 0) is 6.42 Å². The molecule has 0 aromatic rings. The van der Waals surface area contributed by atoms with Gasteiger partial charge in [-0.25, -0.2) is 0 Å². The van der Waals surface area contributed by atoms with E-state index in [1.807, 2.05) is 4.90 Å².